The SMILES string of the molecule is Oc1ccc(NC2CCN(c3ccncc3)CC2)cc1. The molecule has 0 aliphatic carbocycles. The maximum absolute atomic E-state index is 9.28. The Balaban J connectivity index is 1.55. The fraction of sp³-hybridized carbons (Fsp3) is 0.312. The van der Waals surface area contributed by atoms with Crippen LogP contribution in [0.1, 0.15) is 12.8 Å². The van der Waals surface area contributed by atoms with E-state index >= 15 is 0 Å². The zero-order valence-corrected chi connectivity index (χ0v) is 11.4. The first-order valence-electron chi connectivity index (χ1n) is 7.02. The predicted molar refractivity (Wildman–Crippen MR) is 81.2 cm³/mol. The molecule has 4 nitrogen and oxygen atoms in total. The summed E-state index contributed by atoms with van der Waals surface area (Å²) < 4.78 is 0. The summed E-state index contributed by atoms with van der Waals surface area (Å²) in [6, 6.07) is 11.9. The van der Waals surface area contributed by atoms with Gasteiger partial charge >= 0.3 is 0 Å². The summed E-state index contributed by atoms with van der Waals surface area (Å²) in [5.74, 6) is 0.308. The Morgan fingerprint density at radius 3 is 2.30 bits per heavy atom. The van der Waals surface area contributed by atoms with Crippen LogP contribution in [-0.4, -0.2) is 29.2 Å². The molecule has 2 heterocycles. The molecule has 3 rings (SSSR count). The van der Waals surface area contributed by atoms with Crippen molar-refractivity contribution in [3.8, 4) is 5.75 Å². The normalized spacial score (nSPS) is 16.1. The first-order valence-corrected chi connectivity index (χ1v) is 7.02. The zero-order chi connectivity index (χ0) is 13.8. The van der Waals surface area contributed by atoms with Crippen LogP contribution < -0.4 is 10.2 Å². The molecule has 20 heavy (non-hydrogen) atoms. The molecule has 0 amide bonds. The molecular formula is C16H19N3O. The van der Waals surface area contributed by atoms with Gasteiger partial charge in [0, 0.05) is 42.9 Å². The van der Waals surface area contributed by atoms with E-state index in [9.17, 15) is 5.11 Å². The number of benzene rings is 1. The van der Waals surface area contributed by atoms with Gasteiger partial charge in [0.05, 0.1) is 0 Å². The summed E-state index contributed by atoms with van der Waals surface area (Å²) >= 11 is 0. The van der Waals surface area contributed by atoms with Crippen molar-refractivity contribution in [1.29, 1.82) is 0 Å². The minimum Gasteiger partial charge on any atom is -0.508 e. The number of phenols is 1. The van der Waals surface area contributed by atoms with Gasteiger partial charge < -0.3 is 15.3 Å². The van der Waals surface area contributed by atoms with Crippen LogP contribution in [0.5, 0.6) is 5.75 Å². The van der Waals surface area contributed by atoms with E-state index in [1.54, 1.807) is 12.1 Å². The molecule has 0 radical (unpaired) electrons. The average Bonchev–Trinajstić information content (AvgIpc) is 2.51. The lowest BCUT2D eigenvalue weighted by Crippen LogP contribution is -2.39. The third kappa shape index (κ3) is 3.02. The molecule has 0 saturated carbocycles. The van der Waals surface area contributed by atoms with Gasteiger partial charge in [-0.25, -0.2) is 0 Å². The van der Waals surface area contributed by atoms with E-state index in [0.29, 0.717) is 11.8 Å². The van der Waals surface area contributed by atoms with Gasteiger partial charge in [0.25, 0.3) is 0 Å². The van der Waals surface area contributed by atoms with Gasteiger partial charge in [0.15, 0.2) is 0 Å². The molecule has 0 bridgehead atoms. The number of nitrogens with zero attached hydrogens (tertiary/aromatic N) is 2. The molecule has 1 aromatic carbocycles. The molecule has 0 unspecified atom stereocenters. The maximum atomic E-state index is 9.28. The molecule has 4 heteroatoms. The van der Waals surface area contributed by atoms with Gasteiger partial charge in [0.1, 0.15) is 5.75 Å². The topological polar surface area (TPSA) is 48.4 Å². The molecule has 0 atom stereocenters. The molecular weight excluding hydrogens is 250 g/mol. The van der Waals surface area contributed by atoms with Gasteiger partial charge in [-0.1, -0.05) is 0 Å². The Hall–Kier alpha value is -2.23. The van der Waals surface area contributed by atoms with Crippen molar-refractivity contribution in [3.63, 3.8) is 0 Å². The Morgan fingerprint density at radius 2 is 1.65 bits per heavy atom. The molecule has 2 aromatic rings. The molecule has 2 N–H and O–H groups in total. The number of anilines is 2. The highest BCUT2D eigenvalue weighted by molar-refractivity contribution is 5.48. The van der Waals surface area contributed by atoms with Gasteiger partial charge in [0.2, 0.25) is 0 Å². The van der Waals surface area contributed by atoms with E-state index in [2.05, 4.69) is 27.3 Å². The van der Waals surface area contributed by atoms with E-state index in [0.717, 1.165) is 31.6 Å². The largest absolute Gasteiger partial charge is 0.508 e. The zero-order valence-electron chi connectivity index (χ0n) is 11.4. The lowest BCUT2D eigenvalue weighted by atomic mass is 10.0. The third-order valence-corrected chi connectivity index (χ3v) is 3.76. The Morgan fingerprint density at radius 1 is 1.00 bits per heavy atom. The van der Waals surface area contributed by atoms with E-state index < -0.39 is 0 Å². The Kier molecular flexibility index (Phi) is 3.72. The van der Waals surface area contributed by atoms with Crippen LogP contribution in [0, 0.1) is 0 Å². The lowest BCUT2D eigenvalue weighted by Gasteiger charge is -2.34. The number of aromatic hydroxyl groups is 1. The van der Waals surface area contributed by atoms with Gasteiger partial charge in [-0.2, -0.15) is 0 Å². The van der Waals surface area contributed by atoms with Crippen LogP contribution in [-0.2, 0) is 0 Å². The van der Waals surface area contributed by atoms with E-state index in [1.807, 2.05) is 24.5 Å². The Labute approximate surface area is 119 Å². The van der Waals surface area contributed by atoms with Crippen molar-refractivity contribution < 1.29 is 5.11 Å². The van der Waals surface area contributed by atoms with Crippen molar-refractivity contribution in [3.05, 3.63) is 48.8 Å². The molecule has 1 fully saturated rings. The highest BCUT2D eigenvalue weighted by atomic mass is 16.3. The van der Waals surface area contributed by atoms with E-state index in [1.165, 1.54) is 5.69 Å². The molecule has 104 valence electrons. The van der Waals surface area contributed by atoms with Crippen LogP contribution in [0.4, 0.5) is 11.4 Å². The minimum absolute atomic E-state index is 0.308. The molecule has 1 aromatic heterocycles. The molecule has 0 spiro atoms. The van der Waals surface area contributed by atoms with Gasteiger partial charge in [-0.3, -0.25) is 4.98 Å². The number of pyridine rings is 1. The summed E-state index contributed by atoms with van der Waals surface area (Å²) in [5.41, 5.74) is 2.33. The molecule has 1 saturated heterocycles. The predicted octanol–water partition coefficient (Wildman–Crippen LogP) is 2.87. The summed E-state index contributed by atoms with van der Waals surface area (Å²) in [5, 5.41) is 12.8. The van der Waals surface area contributed by atoms with Crippen LogP contribution in [0.15, 0.2) is 48.8 Å². The molecule has 1 aliphatic rings. The lowest BCUT2D eigenvalue weighted by molar-refractivity contribution is 0.475. The average molecular weight is 269 g/mol. The summed E-state index contributed by atoms with van der Waals surface area (Å²) in [6.07, 6.45) is 5.92. The number of rotatable bonds is 3. The van der Waals surface area contributed by atoms with E-state index in [-0.39, 0.29) is 0 Å². The smallest absolute Gasteiger partial charge is 0.115 e. The Bertz CT molecular complexity index is 533. The second kappa shape index (κ2) is 5.82. The number of phenolic OH excluding ortho intramolecular Hbond substituents is 1. The van der Waals surface area contributed by atoms with Crippen molar-refractivity contribution >= 4 is 11.4 Å². The van der Waals surface area contributed by atoms with Gasteiger partial charge in [-0.05, 0) is 49.2 Å². The maximum Gasteiger partial charge on any atom is 0.115 e. The van der Waals surface area contributed by atoms with Crippen LogP contribution >= 0.6 is 0 Å². The highest BCUT2D eigenvalue weighted by Crippen LogP contribution is 2.22. The monoisotopic (exact) mass is 269 g/mol. The second-order valence-electron chi connectivity index (χ2n) is 5.16. The second-order valence-corrected chi connectivity index (χ2v) is 5.16. The summed E-state index contributed by atoms with van der Waals surface area (Å²) in [4.78, 5) is 6.46. The van der Waals surface area contributed by atoms with Crippen molar-refractivity contribution in [2.45, 2.75) is 18.9 Å². The van der Waals surface area contributed by atoms with Crippen LogP contribution in [0.3, 0.4) is 0 Å². The van der Waals surface area contributed by atoms with Crippen molar-refractivity contribution in [1.82, 2.24) is 4.98 Å². The number of aromatic nitrogens is 1. The number of hydrogen-bond donors (Lipinski definition) is 2. The fourth-order valence-electron chi connectivity index (χ4n) is 2.63. The fourth-order valence-corrected chi connectivity index (χ4v) is 2.63. The van der Waals surface area contributed by atoms with Crippen molar-refractivity contribution in [2.75, 3.05) is 23.3 Å². The summed E-state index contributed by atoms with van der Waals surface area (Å²) in [7, 11) is 0. The third-order valence-electron chi connectivity index (χ3n) is 3.76. The molecule has 1 aliphatic heterocycles. The van der Waals surface area contributed by atoms with Crippen molar-refractivity contribution in [2.24, 2.45) is 0 Å². The summed E-state index contributed by atoms with van der Waals surface area (Å²) in [6.45, 7) is 2.11. The number of nitrogens with one attached hydrogen (secondary N) is 1. The highest BCUT2D eigenvalue weighted by Gasteiger charge is 2.19. The van der Waals surface area contributed by atoms with Crippen LogP contribution in [0.25, 0.3) is 0 Å². The number of hydrogen-bond acceptors (Lipinski definition) is 4. The standard InChI is InChI=1S/C16H19N3O/c20-16-3-1-13(2-4-16)18-14-7-11-19(12-8-14)15-5-9-17-10-6-15/h1-6,9-10,14,18,20H,7-8,11-12H2. The minimum atomic E-state index is 0.308. The number of piperidine rings is 1. The quantitative estimate of drug-likeness (QED) is 0.841. The first-order chi connectivity index (χ1) is 9.81. The van der Waals surface area contributed by atoms with E-state index in [4.69, 9.17) is 0 Å². The van der Waals surface area contributed by atoms with Gasteiger partial charge in [-0.15, -0.1) is 0 Å². The van der Waals surface area contributed by atoms with Crippen LogP contribution in [0.2, 0.25) is 0 Å². The first kappa shape index (κ1) is 12.8.